The molecule has 3 aromatic heterocycles. The first-order chi connectivity index (χ1) is 12.8. The number of benzene rings is 1. The molecule has 9 nitrogen and oxygen atoms in total. The number of rotatable bonds is 6. The van der Waals surface area contributed by atoms with Crippen molar-refractivity contribution < 1.29 is 9.52 Å². The summed E-state index contributed by atoms with van der Waals surface area (Å²) in [4.78, 5) is 12.5. The van der Waals surface area contributed by atoms with Crippen molar-refractivity contribution in [3.63, 3.8) is 0 Å². The maximum Gasteiger partial charge on any atom is 0.233 e. The van der Waals surface area contributed by atoms with Gasteiger partial charge in [-0.1, -0.05) is 12.1 Å². The number of anilines is 4. The third-order valence-corrected chi connectivity index (χ3v) is 3.57. The molecule has 0 radical (unpaired) electrons. The van der Waals surface area contributed by atoms with Crippen LogP contribution in [0, 0.1) is 0 Å². The fraction of sp³-hybridized carbons (Fsp3) is 0.0588. The fourth-order valence-corrected chi connectivity index (χ4v) is 2.30. The molecule has 0 atom stereocenters. The van der Waals surface area contributed by atoms with Crippen molar-refractivity contribution in [1.82, 2.24) is 25.1 Å². The highest BCUT2D eigenvalue weighted by Gasteiger charge is 2.08. The van der Waals surface area contributed by atoms with E-state index in [2.05, 4.69) is 35.8 Å². The average Bonchev–Trinajstić information content (AvgIpc) is 3.34. The Bertz CT molecular complexity index is 981. The predicted octanol–water partition coefficient (Wildman–Crippen LogP) is 2.83. The lowest BCUT2D eigenvalue weighted by Gasteiger charge is -2.06. The SMILES string of the molecule is OCc1ccc(Nc2ncnc(Nc3cc(-c4ccco4)[nH]n3)n2)cc1. The van der Waals surface area contributed by atoms with Crippen LogP contribution >= 0.6 is 0 Å². The van der Waals surface area contributed by atoms with Crippen molar-refractivity contribution in [2.75, 3.05) is 10.6 Å². The monoisotopic (exact) mass is 349 g/mol. The molecule has 0 saturated carbocycles. The molecule has 1 aromatic carbocycles. The van der Waals surface area contributed by atoms with Gasteiger partial charge in [-0.05, 0) is 29.8 Å². The molecule has 0 fully saturated rings. The van der Waals surface area contributed by atoms with Gasteiger partial charge in [0.15, 0.2) is 11.6 Å². The molecule has 0 aliphatic heterocycles. The van der Waals surface area contributed by atoms with E-state index >= 15 is 0 Å². The number of aliphatic hydroxyl groups excluding tert-OH is 1. The van der Waals surface area contributed by atoms with Gasteiger partial charge in [0.25, 0.3) is 0 Å². The zero-order valence-corrected chi connectivity index (χ0v) is 13.5. The lowest BCUT2D eigenvalue weighted by Crippen LogP contribution is -2.03. The average molecular weight is 349 g/mol. The van der Waals surface area contributed by atoms with E-state index in [0.717, 1.165) is 16.9 Å². The molecule has 4 N–H and O–H groups in total. The number of aromatic nitrogens is 5. The van der Waals surface area contributed by atoms with E-state index in [9.17, 15) is 0 Å². The largest absolute Gasteiger partial charge is 0.463 e. The summed E-state index contributed by atoms with van der Waals surface area (Å²) >= 11 is 0. The summed E-state index contributed by atoms with van der Waals surface area (Å²) in [5, 5.41) is 22.2. The van der Waals surface area contributed by atoms with Crippen molar-refractivity contribution >= 4 is 23.4 Å². The zero-order valence-electron chi connectivity index (χ0n) is 13.5. The Morgan fingerprint density at radius 1 is 1.04 bits per heavy atom. The van der Waals surface area contributed by atoms with E-state index in [-0.39, 0.29) is 6.61 Å². The first-order valence-electron chi connectivity index (χ1n) is 7.82. The predicted molar refractivity (Wildman–Crippen MR) is 95.0 cm³/mol. The summed E-state index contributed by atoms with van der Waals surface area (Å²) in [5.41, 5.74) is 2.38. The number of hydrogen-bond donors (Lipinski definition) is 4. The van der Waals surface area contributed by atoms with Crippen LogP contribution in [0.4, 0.5) is 23.4 Å². The third kappa shape index (κ3) is 3.52. The van der Waals surface area contributed by atoms with Gasteiger partial charge in [-0.25, -0.2) is 9.97 Å². The van der Waals surface area contributed by atoms with E-state index in [0.29, 0.717) is 23.5 Å². The van der Waals surface area contributed by atoms with Crippen molar-refractivity contribution in [2.45, 2.75) is 6.61 Å². The van der Waals surface area contributed by atoms with Crippen LogP contribution in [0.3, 0.4) is 0 Å². The van der Waals surface area contributed by atoms with Crippen LogP contribution in [0.15, 0.2) is 59.5 Å². The van der Waals surface area contributed by atoms with Gasteiger partial charge in [0.2, 0.25) is 11.9 Å². The first kappa shape index (κ1) is 15.8. The van der Waals surface area contributed by atoms with E-state index in [1.165, 1.54) is 6.33 Å². The molecule has 0 spiro atoms. The minimum absolute atomic E-state index is 0.00373. The van der Waals surface area contributed by atoms with Crippen LogP contribution in [-0.2, 0) is 6.61 Å². The van der Waals surface area contributed by atoms with Crippen LogP contribution in [0.2, 0.25) is 0 Å². The lowest BCUT2D eigenvalue weighted by molar-refractivity contribution is 0.282. The van der Waals surface area contributed by atoms with Gasteiger partial charge in [-0.3, -0.25) is 5.10 Å². The molecule has 0 saturated heterocycles. The van der Waals surface area contributed by atoms with E-state index < -0.39 is 0 Å². The van der Waals surface area contributed by atoms with E-state index in [1.54, 1.807) is 18.4 Å². The highest BCUT2D eigenvalue weighted by Crippen LogP contribution is 2.21. The van der Waals surface area contributed by atoms with E-state index in [4.69, 9.17) is 9.52 Å². The smallest absolute Gasteiger partial charge is 0.233 e. The van der Waals surface area contributed by atoms with Crippen molar-refractivity contribution in [3.05, 3.63) is 60.6 Å². The van der Waals surface area contributed by atoms with Gasteiger partial charge in [-0.2, -0.15) is 10.1 Å². The zero-order chi connectivity index (χ0) is 17.8. The van der Waals surface area contributed by atoms with Crippen molar-refractivity contribution in [2.24, 2.45) is 0 Å². The molecule has 26 heavy (non-hydrogen) atoms. The number of furan rings is 1. The van der Waals surface area contributed by atoms with Crippen LogP contribution in [0.5, 0.6) is 0 Å². The van der Waals surface area contributed by atoms with Crippen molar-refractivity contribution in [3.8, 4) is 11.5 Å². The first-order valence-corrected chi connectivity index (χ1v) is 7.82. The molecule has 4 rings (SSSR count). The Balaban J connectivity index is 1.47. The topological polar surface area (TPSA) is 125 Å². The Morgan fingerprint density at radius 2 is 1.85 bits per heavy atom. The number of aliphatic hydroxyl groups is 1. The molecule has 0 amide bonds. The van der Waals surface area contributed by atoms with E-state index in [1.807, 2.05) is 30.3 Å². The molecule has 0 aliphatic carbocycles. The summed E-state index contributed by atoms with van der Waals surface area (Å²) in [5.74, 6) is 1.99. The third-order valence-electron chi connectivity index (χ3n) is 3.57. The second-order valence-corrected chi connectivity index (χ2v) is 5.38. The van der Waals surface area contributed by atoms with Gasteiger partial charge in [0, 0.05) is 11.8 Å². The van der Waals surface area contributed by atoms with Crippen LogP contribution in [0.25, 0.3) is 11.5 Å². The number of nitrogens with zero attached hydrogens (tertiary/aromatic N) is 4. The maximum absolute atomic E-state index is 9.08. The standard InChI is InChI=1S/C17H15N7O2/c25-9-11-3-5-12(6-4-11)20-16-18-10-19-17(22-16)21-15-8-13(23-24-15)14-2-1-7-26-14/h1-8,10,25H,9H2,(H3,18,19,20,21,22,23,24). The highest BCUT2D eigenvalue weighted by atomic mass is 16.3. The molecule has 130 valence electrons. The maximum atomic E-state index is 9.08. The molecule has 0 aliphatic rings. The van der Waals surface area contributed by atoms with Gasteiger partial charge in [0.1, 0.15) is 12.0 Å². The number of nitrogens with one attached hydrogen (secondary N) is 3. The van der Waals surface area contributed by atoms with Crippen LogP contribution in [-0.4, -0.2) is 30.3 Å². The second-order valence-electron chi connectivity index (χ2n) is 5.38. The van der Waals surface area contributed by atoms with Gasteiger partial charge < -0.3 is 20.2 Å². The summed E-state index contributed by atoms with van der Waals surface area (Å²) in [6, 6.07) is 12.8. The molecular weight excluding hydrogens is 334 g/mol. The normalized spacial score (nSPS) is 10.7. The lowest BCUT2D eigenvalue weighted by atomic mass is 10.2. The summed E-state index contributed by atoms with van der Waals surface area (Å²) in [6.45, 7) is 0.00373. The molecule has 0 bridgehead atoms. The summed E-state index contributed by atoms with van der Waals surface area (Å²) in [6.07, 6.45) is 3.00. The van der Waals surface area contributed by atoms with Crippen molar-refractivity contribution in [1.29, 1.82) is 0 Å². The Labute approximate surface area is 148 Å². The Kier molecular flexibility index (Phi) is 4.27. The quantitative estimate of drug-likeness (QED) is 0.419. The minimum atomic E-state index is 0.00373. The van der Waals surface area contributed by atoms with Crippen LogP contribution < -0.4 is 10.6 Å². The summed E-state index contributed by atoms with van der Waals surface area (Å²) < 4.78 is 5.32. The Hall–Kier alpha value is -3.72. The second kappa shape index (κ2) is 7.03. The van der Waals surface area contributed by atoms with Gasteiger partial charge >= 0.3 is 0 Å². The molecule has 9 heteroatoms. The molecule has 0 unspecified atom stereocenters. The van der Waals surface area contributed by atoms with Gasteiger partial charge in [-0.15, -0.1) is 0 Å². The van der Waals surface area contributed by atoms with Crippen LogP contribution in [0.1, 0.15) is 5.56 Å². The molecule has 3 heterocycles. The fourth-order valence-electron chi connectivity index (χ4n) is 2.30. The number of hydrogen-bond acceptors (Lipinski definition) is 8. The molecule has 4 aromatic rings. The van der Waals surface area contributed by atoms with Gasteiger partial charge in [0.05, 0.1) is 12.9 Å². The molecular formula is C17H15N7O2. The number of aromatic amines is 1. The summed E-state index contributed by atoms with van der Waals surface area (Å²) in [7, 11) is 0. The Morgan fingerprint density at radius 3 is 2.58 bits per heavy atom. The highest BCUT2D eigenvalue weighted by molar-refractivity contribution is 5.60. The number of H-pyrrole nitrogens is 1. The minimum Gasteiger partial charge on any atom is -0.463 e.